The van der Waals surface area contributed by atoms with Crippen molar-refractivity contribution in [1.82, 2.24) is 0 Å². The van der Waals surface area contributed by atoms with Crippen LogP contribution in [0.5, 0.6) is 0 Å². The summed E-state index contributed by atoms with van der Waals surface area (Å²) in [6.45, 7) is 2.13. The van der Waals surface area contributed by atoms with E-state index in [9.17, 15) is 0 Å². The molecule has 0 nitrogen and oxygen atoms in total. The lowest BCUT2D eigenvalue weighted by molar-refractivity contribution is 1.14. The summed E-state index contributed by atoms with van der Waals surface area (Å²) in [4.78, 5) is 2.70. The van der Waals surface area contributed by atoms with E-state index in [4.69, 9.17) is 0 Å². The number of benzene rings is 2. The monoisotopic (exact) mass is 274 g/mol. The molecule has 2 heteroatoms. The molecular formula is C16H18S2. The maximum atomic E-state index is 2.30. The highest BCUT2D eigenvalue weighted by Crippen LogP contribution is 2.25. The summed E-state index contributed by atoms with van der Waals surface area (Å²) in [7, 11) is 0. The van der Waals surface area contributed by atoms with Gasteiger partial charge in [0, 0.05) is 9.79 Å². The van der Waals surface area contributed by atoms with E-state index < -0.39 is 0 Å². The number of rotatable bonds is 4. The Morgan fingerprint density at radius 3 is 1.83 bits per heavy atom. The SMILES string of the molecule is CSc1cc(Cc2ccc(C)cc2)cc(SC)c1. The Bertz CT molecular complexity index is 493. The number of hydrogen-bond acceptors (Lipinski definition) is 2. The van der Waals surface area contributed by atoms with Gasteiger partial charge < -0.3 is 0 Å². The summed E-state index contributed by atoms with van der Waals surface area (Å²) < 4.78 is 0. The van der Waals surface area contributed by atoms with Gasteiger partial charge in [0.1, 0.15) is 0 Å². The Morgan fingerprint density at radius 1 is 0.778 bits per heavy atom. The van der Waals surface area contributed by atoms with Crippen LogP contribution in [0.1, 0.15) is 16.7 Å². The first-order valence-corrected chi connectivity index (χ1v) is 8.43. The van der Waals surface area contributed by atoms with Crippen LogP contribution in [0.3, 0.4) is 0 Å². The van der Waals surface area contributed by atoms with Crippen LogP contribution in [-0.2, 0) is 6.42 Å². The van der Waals surface area contributed by atoms with Crippen molar-refractivity contribution in [1.29, 1.82) is 0 Å². The highest BCUT2D eigenvalue weighted by molar-refractivity contribution is 7.99. The fourth-order valence-corrected chi connectivity index (χ4v) is 3.01. The fourth-order valence-electron chi connectivity index (χ4n) is 1.91. The Kier molecular flexibility index (Phi) is 4.79. The van der Waals surface area contributed by atoms with E-state index in [1.54, 1.807) is 0 Å². The molecule has 0 aliphatic heterocycles. The lowest BCUT2D eigenvalue weighted by atomic mass is 10.0. The minimum Gasteiger partial charge on any atom is -0.130 e. The zero-order valence-electron chi connectivity index (χ0n) is 11.1. The van der Waals surface area contributed by atoms with Crippen LogP contribution in [0.25, 0.3) is 0 Å². The first-order chi connectivity index (χ1) is 8.71. The molecule has 18 heavy (non-hydrogen) atoms. The highest BCUT2D eigenvalue weighted by Gasteiger charge is 2.02. The first kappa shape index (κ1) is 13.6. The van der Waals surface area contributed by atoms with Gasteiger partial charge in [-0.3, -0.25) is 0 Å². The molecule has 0 aliphatic rings. The van der Waals surface area contributed by atoms with Gasteiger partial charge in [-0.25, -0.2) is 0 Å². The van der Waals surface area contributed by atoms with Gasteiger partial charge in [-0.05, 0) is 55.2 Å². The smallest absolute Gasteiger partial charge is 0.00831 e. The molecule has 0 fully saturated rings. The van der Waals surface area contributed by atoms with Crippen LogP contribution in [0.4, 0.5) is 0 Å². The Balaban J connectivity index is 2.25. The molecular weight excluding hydrogens is 256 g/mol. The number of hydrogen-bond donors (Lipinski definition) is 0. The van der Waals surface area contributed by atoms with Gasteiger partial charge in [-0.15, -0.1) is 23.5 Å². The van der Waals surface area contributed by atoms with Crippen LogP contribution in [0, 0.1) is 6.92 Å². The van der Waals surface area contributed by atoms with E-state index in [1.807, 2.05) is 23.5 Å². The van der Waals surface area contributed by atoms with Crippen LogP contribution < -0.4 is 0 Å². The summed E-state index contributed by atoms with van der Waals surface area (Å²) in [6, 6.07) is 15.7. The third-order valence-electron chi connectivity index (χ3n) is 2.94. The molecule has 0 unspecified atom stereocenters. The zero-order valence-corrected chi connectivity index (χ0v) is 12.7. The van der Waals surface area contributed by atoms with E-state index in [1.165, 1.54) is 26.5 Å². The van der Waals surface area contributed by atoms with Crippen molar-refractivity contribution in [2.24, 2.45) is 0 Å². The predicted molar refractivity (Wildman–Crippen MR) is 84.0 cm³/mol. The largest absolute Gasteiger partial charge is 0.130 e. The maximum absolute atomic E-state index is 2.30. The van der Waals surface area contributed by atoms with E-state index in [-0.39, 0.29) is 0 Å². The molecule has 0 atom stereocenters. The highest BCUT2D eigenvalue weighted by atomic mass is 32.2. The van der Waals surface area contributed by atoms with E-state index in [0.717, 1.165) is 6.42 Å². The number of aryl methyl sites for hydroxylation is 1. The normalized spacial score (nSPS) is 10.6. The van der Waals surface area contributed by atoms with Gasteiger partial charge >= 0.3 is 0 Å². The van der Waals surface area contributed by atoms with Gasteiger partial charge in [0.2, 0.25) is 0 Å². The van der Waals surface area contributed by atoms with E-state index in [2.05, 4.69) is 61.9 Å². The second-order valence-corrected chi connectivity index (χ2v) is 6.14. The van der Waals surface area contributed by atoms with Crippen molar-refractivity contribution >= 4 is 23.5 Å². The summed E-state index contributed by atoms with van der Waals surface area (Å²) in [5.74, 6) is 0. The molecule has 0 bridgehead atoms. The van der Waals surface area contributed by atoms with Crippen molar-refractivity contribution in [3.8, 4) is 0 Å². The molecule has 0 amide bonds. The second kappa shape index (κ2) is 6.35. The Hall–Kier alpha value is -0.860. The average molecular weight is 274 g/mol. The molecule has 94 valence electrons. The summed E-state index contributed by atoms with van der Waals surface area (Å²) in [5.41, 5.74) is 4.10. The fraction of sp³-hybridized carbons (Fsp3) is 0.250. The van der Waals surface area contributed by atoms with Crippen molar-refractivity contribution < 1.29 is 0 Å². The second-order valence-electron chi connectivity index (χ2n) is 4.38. The summed E-state index contributed by atoms with van der Waals surface area (Å²) in [6.07, 6.45) is 5.28. The molecule has 0 heterocycles. The third kappa shape index (κ3) is 3.56. The quantitative estimate of drug-likeness (QED) is 0.717. The van der Waals surface area contributed by atoms with Crippen molar-refractivity contribution in [2.45, 2.75) is 23.1 Å². The van der Waals surface area contributed by atoms with E-state index >= 15 is 0 Å². The molecule has 0 saturated carbocycles. The lowest BCUT2D eigenvalue weighted by Gasteiger charge is -2.07. The number of thioether (sulfide) groups is 2. The summed E-state index contributed by atoms with van der Waals surface area (Å²) in [5, 5.41) is 0. The molecule has 0 aliphatic carbocycles. The molecule has 0 N–H and O–H groups in total. The van der Waals surface area contributed by atoms with Crippen molar-refractivity contribution in [3.05, 3.63) is 59.2 Å². The van der Waals surface area contributed by atoms with Crippen LogP contribution in [-0.4, -0.2) is 12.5 Å². The molecule has 2 aromatic rings. The summed E-state index contributed by atoms with van der Waals surface area (Å²) >= 11 is 3.62. The van der Waals surface area contributed by atoms with E-state index in [0.29, 0.717) is 0 Å². The minimum absolute atomic E-state index is 1.02. The Morgan fingerprint density at radius 2 is 1.33 bits per heavy atom. The van der Waals surface area contributed by atoms with Crippen molar-refractivity contribution in [2.75, 3.05) is 12.5 Å². The first-order valence-electron chi connectivity index (χ1n) is 5.99. The standard InChI is InChI=1S/C16H18S2/c1-12-4-6-13(7-5-12)8-14-9-15(17-2)11-16(10-14)18-3/h4-7,9-11H,8H2,1-3H3. The van der Waals surface area contributed by atoms with Crippen molar-refractivity contribution in [3.63, 3.8) is 0 Å². The van der Waals surface area contributed by atoms with Crippen LogP contribution in [0.2, 0.25) is 0 Å². The molecule has 0 aromatic heterocycles. The molecule has 0 radical (unpaired) electrons. The van der Waals surface area contributed by atoms with Gasteiger partial charge in [0.25, 0.3) is 0 Å². The molecule has 2 rings (SSSR count). The predicted octanol–water partition coefficient (Wildman–Crippen LogP) is 5.03. The maximum Gasteiger partial charge on any atom is 0.00831 e. The molecule has 0 saturated heterocycles. The topological polar surface area (TPSA) is 0 Å². The van der Waals surface area contributed by atoms with Gasteiger partial charge in [0.15, 0.2) is 0 Å². The molecule has 0 spiro atoms. The minimum atomic E-state index is 1.02. The van der Waals surface area contributed by atoms with Gasteiger partial charge in [0.05, 0.1) is 0 Å². The Labute approximate surface area is 118 Å². The van der Waals surface area contributed by atoms with Gasteiger partial charge in [-0.1, -0.05) is 29.8 Å². The average Bonchev–Trinajstić information content (AvgIpc) is 2.41. The zero-order chi connectivity index (χ0) is 13.0. The third-order valence-corrected chi connectivity index (χ3v) is 4.35. The van der Waals surface area contributed by atoms with Gasteiger partial charge in [-0.2, -0.15) is 0 Å². The van der Waals surface area contributed by atoms with Crippen LogP contribution >= 0.6 is 23.5 Å². The lowest BCUT2D eigenvalue weighted by Crippen LogP contribution is -1.90. The molecule has 2 aromatic carbocycles. The van der Waals surface area contributed by atoms with Crippen LogP contribution in [0.15, 0.2) is 52.3 Å².